The molecular formula is C32H31N5O3S2. The van der Waals surface area contributed by atoms with Crippen LogP contribution in [0.25, 0.3) is 0 Å². The van der Waals surface area contributed by atoms with Gasteiger partial charge in [-0.05, 0) is 59.4 Å². The molecule has 2 aromatic carbocycles. The number of aromatic nitrogens is 3. The van der Waals surface area contributed by atoms with E-state index in [4.69, 9.17) is 15.2 Å². The fraction of sp³-hybridized carbons (Fsp3) is 0.188. The number of thiazole rings is 1. The summed E-state index contributed by atoms with van der Waals surface area (Å²) in [4.78, 5) is 26.9. The van der Waals surface area contributed by atoms with E-state index in [1.54, 1.807) is 31.3 Å². The number of aryl methyl sites for hydroxylation is 1. The topological polar surface area (TPSA) is 112 Å². The number of rotatable bonds is 13. The van der Waals surface area contributed by atoms with Gasteiger partial charge in [-0.15, -0.1) is 0 Å². The molecule has 0 saturated heterocycles. The molecule has 3 N–H and O–H groups in total. The van der Waals surface area contributed by atoms with Crippen molar-refractivity contribution in [3.05, 3.63) is 125 Å². The highest BCUT2D eigenvalue weighted by Crippen LogP contribution is 2.40. The number of nitrogens with zero attached hydrogens (tertiary/aromatic N) is 3. The third kappa shape index (κ3) is 7.40. The first-order valence-corrected chi connectivity index (χ1v) is 15.0. The highest BCUT2D eigenvalue weighted by atomic mass is 32.2. The van der Waals surface area contributed by atoms with Gasteiger partial charge in [0, 0.05) is 30.3 Å². The average Bonchev–Trinajstić information content (AvgIpc) is 3.43. The van der Waals surface area contributed by atoms with E-state index in [1.807, 2.05) is 61.7 Å². The number of nitrogens with one attached hydrogen (secondary N) is 1. The molecular weight excluding hydrogens is 567 g/mol. The Kier molecular flexibility index (Phi) is 9.94. The number of benzene rings is 2. The Labute approximate surface area is 253 Å². The summed E-state index contributed by atoms with van der Waals surface area (Å²) in [7, 11) is 1.60. The lowest BCUT2D eigenvalue weighted by Crippen LogP contribution is -2.19. The van der Waals surface area contributed by atoms with Gasteiger partial charge in [-0.2, -0.15) is 0 Å². The number of nitrogens with two attached hydrogens (primary N) is 1. The summed E-state index contributed by atoms with van der Waals surface area (Å²) >= 11 is 3.05. The number of pyridine rings is 2. The first-order chi connectivity index (χ1) is 20.5. The standard InChI is InChI=1S/C32H31N5O3S2/c1-21-12-14-34-28(16-21)37-32-36-18-29(42-32)41-27-13-15-35-30(31(33)38)26(27)17-25(22-8-4-3-5-9-22)24-11-7-6-10-23(24)19-40-20-39-2/h3-16,18,25H,17,19-20H2,1-2H3,(H2,33,38)(H,34,36,37)/t25-/m1/s1. The van der Waals surface area contributed by atoms with Crippen LogP contribution in [0, 0.1) is 6.92 Å². The van der Waals surface area contributed by atoms with Gasteiger partial charge in [-0.25, -0.2) is 9.97 Å². The van der Waals surface area contributed by atoms with E-state index in [9.17, 15) is 4.79 Å². The van der Waals surface area contributed by atoms with Crippen molar-refractivity contribution in [3.63, 3.8) is 0 Å². The maximum absolute atomic E-state index is 12.6. The molecule has 3 aromatic heterocycles. The summed E-state index contributed by atoms with van der Waals surface area (Å²) < 4.78 is 11.8. The van der Waals surface area contributed by atoms with Crippen molar-refractivity contribution in [2.24, 2.45) is 5.73 Å². The number of carbonyl (C=O) groups excluding carboxylic acids is 1. The molecule has 0 unspecified atom stereocenters. The summed E-state index contributed by atoms with van der Waals surface area (Å²) in [5, 5.41) is 4.00. The minimum atomic E-state index is -0.562. The summed E-state index contributed by atoms with van der Waals surface area (Å²) in [5.41, 5.74) is 11.3. The quantitative estimate of drug-likeness (QED) is 0.114. The van der Waals surface area contributed by atoms with Crippen LogP contribution < -0.4 is 11.1 Å². The molecule has 5 rings (SSSR count). The molecule has 0 aliphatic heterocycles. The number of hydrogen-bond acceptors (Lipinski definition) is 9. The second kappa shape index (κ2) is 14.2. The van der Waals surface area contributed by atoms with E-state index in [0.717, 1.165) is 47.9 Å². The molecule has 42 heavy (non-hydrogen) atoms. The number of anilines is 2. The molecule has 0 radical (unpaired) electrons. The van der Waals surface area contributed by atoms with Gasteiger partial charge in [-0.3, -0.25) is 9.78 Å². The molecule has 0 bridgehead atoms. The zero-order chi connectivity index (χ0) is 29.3. The zero-order valence-corrected chi connectivity index (χ0v) is 25.0. The van der Waals surface area contributed by atoms with Crippen LogP contribution in [0.3, 0.4) is 0 Å². The minimum Gasteiger partial charge on any atom is -0.364 e. The van der Waals surface area contributed by atoms with Crippen molar-refractivity contribution in [2.75, 3.05) is 19.2 Å². The number of hydrogen-bond donors (Lipinski definition) is 2. The molecule has 1 amide bonds. The monoisotopic (exact) mass is 597 g/mol. The van der Waals surface area contributed by atoms with Crippen LogP contribution in [0.15, 0.2) is 100 Å². The Morgan fingerprint density at radius 1 is 1.02 bits per heavy atom. The Morgan fingerprint density at radius 3 is 2.60 bits per heavy atom. The maximum Gasteiger partial charge on any atom is 0.267 e. The predicted molar refractivity (Wildman–Crippen MR) is 166 cm³/mol. The molecule has 10 heteroatoms. The molecule has 1 atom stereocenters. The number of methoxy groups -OCH3 is 1. The molecule has 8 nitrogen and oxygen atoms in total. The van der Waals surface area contributed by atoms with Crippen LogP contribution >= 0.6 is 23.1 Å². The van der Waals surface area contributed by atoms with E-state index >= 15 is 0 Å². The summed E-state index contributed by atoms with van der Waals surface area (Å²) in [6, 6.07) is 24.3. The fourth-order valence-corrected chi connectivity index (χ4v) is 6.69. The van der Waals surface area contributed by atoms with Gasteiger partial charge in [0.2, 0.25) is 0 Å². The lowest BCUT2D eigenvalue weighted by Gasteiger charge is -2.23. The first-order valence-electron chi connectivity index (χ1n) is 13.3. The van der Waals surface area contributed by atoms with Gasteiger partial charge in [-0.1, -0.05) is 77.7 Å². The Morgan fingerprint density at radius 2 is 1.81 bits per heavy atom. The molecule has 214 valence electrons. The Hall–Kier alpha value is -4.09. The van der Waals surface area contributed by atoms with Crippen molar-refractivity contribution in [2.45, 2.75) is 35.0 Å². The SMILES string of the molecule is COCOCc1ccccc1[C@H](Cc1c(Sc2cnc(Nc3cc(C)ccn3)s2)ccnc1C(N)=O)c1ccccc1. The van der Waals surface area contributed by atoms with Crippen molar-refractivity contribution in [1.29, 1.82) is 0 Å². The number of primary amides is 1. The van der Waals surface area contributed by atoms with Crippen LogP contribution in [0.4, 0.5) is 10.9 Å². The van der Waals surface area contributed by atoms with Crippen molar-refractivity contribution < 1.29 is 14.3 Å². The number of amides is 1. The fourth-order valence-electron chi connectivity index (χ4n) is 4.70. The molecule has 0 aliphatic carbocycles. The molecule has 0 spiro atoms. The van der Waals surface area contributed by atoms with Crippen LogP contribution in [0.5, 0.6) is 0 Å². The van der Waals surface area contributed by atoms with Crippen molar-refractivity contribution in [3.8, 4) is 0 Å². The first kappa shape index (κ1) is 29.4. The van der Waals surface area contributed by atoms with Crippen LogP contribution in [-0.4, -0.2) is 34.8 Å². The molecule has 0 saturated carbocycles. The lowest BCUT2D eigenvalue weighted by atomic mass is 9.83. The third-order valence-corrected chi connectivity index (χ3v) is 8.71. The smallest absolute Gasteiger partial charge is 0.267 e. The van der Waals surface area contributed by atoms with Crippen LogP contribution in [-0.2, 0) is 22.5 Å². The van der Waals surface area contributed by atoms with Gasteiger partial charge in [0.05, 0.1) is 17.0 Å². The predicted octanol–water partition coefficient (Wildman–Crippen LogP) is 6.73. The average molecular weight is 598 g/mol. The van der Waals surface area contributed by atoms with E-state index in [2.05, 4.69) is 44.5 Å². The van der Waals surface area contributed by atoms with Gasteiger partial charge >= 0.3 is 0 Å². The van der Waals surface area contributed by atoms with Crippen molar-refractivity contribution in [1.82, 2.24) is 15.0 Å². The zero-order valence-electron chi connectivity index (χ0n) is 23.3. The van der Waals surface area contributed by atoms with Crippen LogP contribution in [0.1, 0.15) is 44.2 Å². The van der Waals surface area contributed by atoms with E-state index in [-0.39, 0.29) is 18.4 Å². The van der Waals surface area contributed by atoms with E-state index in [0.29, 0.717) is 13.0 Å². The lowest BCUT2D eigenvalue weighted by molar-refractivity contribution is -0.0393. The van der Waals surface area contributed by atoms with Gasteiger partial charge in [0.15, 0.2) is 5.13 Å². The molecule has 0 fully saturated rings. The van der Waals surface area contributed by atoms with Gasteiger partial charge in [0.25, 0.3) is 5.91 Å². The third-order valence-electron chi connectivity index (χ3n) is 6.59. The van der Waals surface area contributed by atoms with Crippen molar-refractivity contribution >= 4 is 40.0 Å². The summed E-state index contributed by atoms with van der Waals surface area (Å²) in [6.07, 6.45) is 5.73. The van der Waals surface area contributed by atoms with Gasteiger partial charge < -0.3 is 20.5 Å². The number of ether oxygens (including phenoxy) is 2. The normalized spacial score (nSPS) is 11.8. The van der Waals surface area contributed by atoms with Gasteiger partial charge in [0.1, 0.15) is 18.3 Å². The summed E-state index contributed by atoms with van der Waals surface area (Å²) in [6.45, 7) is 2.62. The summed E-state index contributed by atoms with van der Waals surface area (Å²) in [5.74, 6) is 0.0924. The highest BCUT2D eigenvalue weighted by Gasteiger charge is 2.24. The maximum atomic E-state index is 12.6. The molecule has 0 aliphatic rings. The van der Waals surface area contributed by atoms with Crippen LogP contribution in [0.2, 0.25) is 0 Å². The minimum absolute atomic E-state index is 0.0822. The largest absolute Gasteiger partial charge is 0.364 e. The Bertz CT molecular complexity index is 1640. The molecule has 5 aromatic rings. The highest BCUT2D eigenvalue weighted by molar-refractivity contribution is 8.01. The van der Waals surface area contributed by atoms with E-state index < -0.39 is 5.91 Å². The second-order valence-electron chi connectivity index (χ2n) is 9.55. The molecule has 3 heterocycles. The number of carbonyl (C=O) groups is 1. The Balaban J connectivity index is 1.49. The second-order valence-corrected chi connectivity index (χ2v) is 11.9. The van der Waals surface area contributed by atoms with E-state index in [1.165, 1.54) is 11.3 Å².